The summed E-state index contributed by atoms with van der Waals surface area (Å²) in [5.74, 6) is 0. The highest BCUT2D eigenvalue weighted by Gasteiger charge is 2.53. The molecular formula is C16H26BFN2O2. The van der Waals surface area contributed by atoms with Crippen molar-refractivity contribution in [1.82, 2.24) is 9.78 Å². The van der Waals surface area contributed by atoms with E-state index in [4.69, 9.17) is 9.31 Å². The summed E-state index contributed by atoms with van der Waals surface area (Å²) < 4.78 is 28.1. The molecular weight excluding hydrogens is 282 g/mol. The van der Waals surface area contributed by atoms with Gasteiger partial charge in [0.15, 0.2) is 0 Å². The van der Waals surface area contributed by atoms with E-state index >= 15 is 0 Å². The Bertz CT molecular complexity index is 550. The van der Waals surface area contributed by atoms with Gasteiger partial charge in [0.2, 0.25) is 0 Å². The third-order valence-corrected chi connectivity index (χ3v) is 4.63. The second kappa shape index (κ2) is 6.16. The van der Waals surface area contributed by atoms with E-state index in [0.717, 1.165) is 24.9 Å². The number of nitrogens with zero attached hydrogens (tertiary/aromatic N) is 2. The molecule has 0 bridgehead atoms. The fraction of sp³-hybridized carbons (Fsp3) is 0.688. The minimum absolute atomic E-state index is 0.381. The zero-order valence-electron chi connectivity index (χ0n) is 14.4. The van der Waals surface area contributed by atoms with E-state index in [-0.39, 0.29) is 5.73 Å². The summed E-state index contributed by atoms with van der Waals surface area (Å²) in [5.41, 5.74) is -0.181. The smallest absolute Gasteiger partial charge is 0.398 e. The molecule has 0 atom stereocenters. The highest BCUT2D eigenvalue weighted by atomic mass is 19.1. The third kappa shape index (κ3) is 3.28. The Labute approximate surface area is 132 Å². The van der Waals surface area contributed by atoms with Gasteiger partial charge in [0.25, 0.3) is 0 Å². The number of rotatable bonds is 5. The highest BCUT2D eigenvalue weighted by Crippen LogP contribution is 2.40. The van der Waals surface area contributed by atoms with Gasteiger partial charge in [-0.2, -0.15) is 5.10 Å². The number of halogens is 1. The maximum atomic E-state index is 14.7. The van der Waals surface area contributed by atoms with Crippen LogP contribution in [0, 0.1) is 0 Å². The average molecular weight is 308 g/mol. The van der Waals surface area contributed by atoms with Gasteiger partial charge in [-0.25, -0.2) is 4.39 Å². The van der Waals surface area contributed by atoms with Crippen molar-refractivity contribution < 1.29 is 13.7 Å². The standard InChI is InChI=1S/C16H26BFN2O2/c1-7-8-9-20-11-13(10-19-20)12(2)14(18)17-21-15(3,4)16(5,6)22-17/h10-11H,7-9H2,1-6H3. The predicted molar refractivity (Wildman–Crippen MR) is 86.9 cm³/mol. The van der Waals surface area contributed by atoms with Gasteiger partial charge in [-0.1, -0.05) is 13.3 Å². The van der Waals surface area contributed by atoms with Crippen LogP contribution < -0.4 is 0 Å². The Morgan fingerprint density at radius 3 is 2.41 bits per heavy atom. The molecule has 1 saturated heterocycles. The highest BCUT2D eigenvalue weighted by molar-refractivity contribution is 6.55. The van der Waals surface area contributed by atoms with Crippen LogP contribution in [0.5, 0.6) is 0 Å². The van der Waals surface area contributed by atoms with Crippen LogP contribution in [0.3, 0.4) is 0 Å². The second-order valence-corrected chi connectivity index (χ2v) is 6.91. The number of hydrogen-bond acceptors (Lipinski definition) is 3. The number of aromatic nitrogens is 2. The summed E-state index contributed by atoms with van der Waals surface area (Å²) in [7, 11) is -0.955. The van der Waals surface area contributed by atoms with E-state index in [1.807, 2.05) is 38.6 Å². The summed E-state index contributed by atoms with van der Waals surface area (Å²) >= 11 is 0. The van der Waals surface area contributed by atoms with Gasteiger partial charge in [0.05, 0.1) is 17.4 Å². The van der Waals surface area contributed by atoms with Crippen molar-refractivity contribution in [3.8, 4) is 0 Å². The minimum atomic E-state index is -0.955. The summed E-state index contributed by atoms with van der Waals surface area (Å²) in [4.78, 5) is 0. The van der Waals surface area contributed by atoms with Crippen LogP contribution in [-0.4, -0.2) is 28.1 Å². The van der Waals surface area contributed by atoms with E-state index in [1.54, 1.807) is 13.1 Å². The Hall–Kier alpha value is -1.14. The number of unbranched alkanes of at least 4 members (excludes halogenated alkanes) is 1. The molecule has 0 aliphatic carbocycles. The maximum absolute atomic E-state index is 14.7. The fourth-order valence-electron chi connectivity index (χ4n) is 2.26. The molecule has 1 aliphatic rings. The van der Waals surface area contributed by atoms with Gasteiger partial charge in [-0.05, 0) is 46.6 Å². The Morgan fingerprint density at radius 1 is 1.27 bits per heavy atom. The molecule has 1 aromatic rings. The topological polar surface area (TPSA) is 36.3 Å². The molecule has 1 aromatic heterocycles. The lowest BCUT2D eigenvalue weighted by Gasteiger charge is -2.32. The zero-order valence-corrected chi connectivity index (χ0v) is 14.4. The molecule has 6 heteroatoms. The maximum Gasteiger partial charge on any atom is 0.525 e. The molecule has 0 spiro atoms. The lowest BCUT2D eigenvalue weighted by molar-refractivity contribution is 0.00578. The summed E-state index contributed by atoms with van der Waals surface area (Å²) in [5, 5.41) is 4.28. The van der Waals surface area contributed by atoms with Gasteiger partial charge >= 0.3 is 7.12 Å². The first-order chi connectivity index (χ1) is 10.2. The number of aryl methyl sites for hydroxylation is 1. The zero-order chi connectivity index (χ0) is 16.5. The fourth-order valence-corrected chi connectivity index (χ4v) is 2.26. The first kappa shape index (κ1) is 17.2. The first-order valence-electron chi connectivity index (χ1n) is 7.92. The molecule has 2 heterocycles. The summed E-state index contributed by atoms with van der Waals surface area (Å²) in [6, 6.07) is 0. The van der Waals surface area contributed by atoms with Crippen LogP contribution in [0.1, 0.15) is 59.9 Å². The molecule has 0 unspecified atom stereocenters. The lowest BCUT2D eigenvalue weighted by atomic mass is 9.84. The Kier molecular flexibility index (Phi) is 4.83. The largest absolute Gasteiger partial charge is 0.525 e. The summed E-state index contributed by atoms with van der Waals surface area (Å²) in [6.45, 7) is 12.4. The molecule has 1 fully saturated rings. The molecule has 4 nitrogen and oxygen atoms in total. The first-order valence-corrected chi connectivity index (χ1v) is 7.92. The molecule has 0 radical (unpaired) electrons. The monoisotopic (exact) mass is 308 g/mol. The third-order valence-electron chi connectivity index (χ3n) is 4.63. The van der Waals surface area contributed by atoms with E-state index in [2.05, 4.69) is 12.0 Å². The van der Waals surface area contributed by atoms with Gasteiger partial charge in [-0.15, -0.1) is 0 Å². The molecule has 1 aliphatic heterocycles. The van der Waals surface area contributed by atoms with Crippen LogP contribution in [0.4, 0.5) is 4.39 Å². The van der Waals surface area contributed by atoms with E-state index in [1.165, 1.54) is 0 Å². The number of allylic oxidation sites excluding steroid dienone is 1. The molecule has 0 N–H and O–H groups in total. The van der Waals surface area contributed by atoms with E-state index in [9.17, 15) is 4.39 Å². The van der Waals surface area contributed by atoms with Crippen LogP contribution in [-0.2, 0) is 15.9 Å². The predicted octanol–water partition coefficient (Wildman–Crippen LogP) is 4.02. The van der Waals surface area contributed by atoms with Gasteiger partial charge < -0.3 is 9.31 Å². The second-order valence-electron chi connectivity index (χ2n) is 6.91. The van der Waals surface area contributed by atoms with Crippen molar-refractivity contribution in [2.75, 3.05) is 0 Å². The SMILES string of the molecule is CCCCn1cc(C(C)=C(F)B2OC(C)(C)C(C)(C)O2)cn1. The van der Waals surface area contributed by atoms with Crippen LogP contribution >= 0.6 is 0 Å². The van der Waals surface area contributed by atoms with Crippen molar-refractivity contribution in [3.63, 3.8) is 0 Å². The van der Waals surface area contributed by atoms with Crippen molar-refractivity contribution in [3.05, 3.63) is 23.7 Å². The average Bonchev–Trinajstić information content (AvgIpc) is 2.98. The van der Waals surface area contributed by atoms with Crippen LogP contribution in [0.25, 0.3) is 5.57 Å². The van der Waals surface area contributed by atoms with E-state index < -0.39 is 18.3 Å². The molecule has 22 heavy (non-hydrogen) atoms. The number of hydrogen-bond donors (Lipinski definition) is 0. The van der Waals surface area contributed by atoms with Crippen LogP contribution in [0.2, 0.25) is 0 Å². The van der Waals surface area contributed by atoms with Crippen molar-refractivity contribution in [2.24, 2.45) is 0 Å². The normalized spacial score (nSPS) is 21.1. The quantitative estimate of drug-likeness (QED) is 0.771. The molecule has 2 rings (SSSR count). The van der Waals surface area contributed by atoms with Crippen molar-refractivity contribution >= 4 is 12.7 Å². The van der Waals surface area contributed by atoms with Crippen molar-refractivity contribution in [2.45, 2.75) is 72.1 Å². The summed E-state index contributed by atoms with van der Waals surface area (Å²) in [6.07, 6.45) is 5.72. The van der Waals surface area contributed by atoms with Gasteiger partial charge in [-0.3, -0.25) is 4.68 Å². The molecule has 0 saturated carbocycles. The van der Waals surface area contributed by atoms with Gasteiger partial charge in [0, 0.05) is 18.3 Å². The van der Waals surface area contributed by atoms with Crippen LogP contribution in [0.15, 0.2) is 18.1 Å². The van der Waals surface area contributed by atoms with Gasteiger partial charge in [0.1, 0.15) is 5.73 Å². The lowest BCUT2D eigenvalue weighted by Crippen LogP contribution is -2.41. The Balaban J connectivity index is 2.18. The molecule has 0 amide bonds. The Morgan fingerprint density at radius 2 is 1.86 bits per heavy atom. The minimum Gasteiger partial charge on any atom is -0.398 e. The van der Waals surface area contributed by atoms with E-state index in [0.29, 0.717) is 5.57 Å². The molecule has 0 aromatic carbocycles. The van der Waals surface area contributed by atoms with Crippen molar-refractivity contribution in [1.29, 1.82) is 0 Å². The molecule has 122 valence electrons.